The smallest absolute Gasteiger partial charge is 0.192 e. The third kappa shape index (κ3) is 6.03. The molecule has 4 nitrogen and oxygen atoms in total. The van der Waals surface area contributed by atoms with Gasteiger partial charge in [0.1, 0.15) is 5.75 Å². The van der Waals surface area contributed by atoms with E-state index in [1.807, 2.05) is 20.8 Å². The molecule has 0 bridgehead atoms. The molecule has 148 valence electrons. The molecule has 6 heteroatoms. The number of carbonyl (C=O) groups excluding carboxylic acids is 1. The van der Waals surface area contributed by atoms with Gasteiger partial charge in [0, 0.05) is 12.5 Å². The highest BCUT2D eigenvalue weighted by Gasteiger charge is 2.33. The summed E-state index contributed by atoms with van der Waals surface area (Å²) in [6, 6.07) is 9.69. The Labute approximate surface area is 160 Å². The maximum absolute atomic E-state index is 12.8. The van der Waals surface area contributed by atoms with Crippen LogP contribution in [0.1, 0.15) is 40.2 Å². The van der Waals surface area contributed by atoms with Crippen molar-refractivity contribution in [3.63, 3.8) is 0 Å². The number of hydrogen-bond donors (Lipinski definition) is 0. The second-order valence-electron chi connectivity index (χ2n) is 7.44. The van der Waals surface area contributed by atoms with Crippen LogP contribution in [0.5, 0.6) is 0 Å². The number of benzene rings is 1. The van der Waals surface area contributed by atoms with E-state index >= 15 is 0 Å². The van der Waals surface area contributed by atoms with Crippen LogP contribution in [0.25, 0.3) is 0 Å². The topological polar surface area (TPSA) is 60.4 Å². The van der Waals surface area contributed by atoms with Crippen LogP contribution in [0.2, 0.25) is 18.1 Å². The Kier molecular flexibility index (Phi) is 8.70. The average Bonchev–Trinajstić information content (AvgIpc) is 2.59. The standard InChI is InChI=1S/C20H34O4SSi/c1-7-26(8-2,9-3)24-14-19(16(4)5)20(21)15-25(22,23)18-12-10-17(6)11-13-18/h10-13,16,19H,7-9,14-15H2,1-6H3. The van der Waals surface area contributed by atoms with Gasteiger partial charge in [-0.05, 0) is 43.1 Å². The van der Waals surface area contributed by atoms with Crippen molar-refractivity contribution in [2.45, 2.75) is 64.6 Å². The van der Waals surface area contributed by atoms with E-state index in [9.17, 15) is 13.2 Å². The summed E-state index contributed by atoms with van der Waals surface area (Å²) >= 11 is 0. The van der Waals surface area contributed by atoms with Crippen LogP contribution in [0.3, 0.4) is 0 Å². The van der Waals surface area contributed by atoms with Crippen molar-refractivity contribution in [3.8, 4) is 0 Å². The molecule has 0 aliphatic carbocycles. The summed E-state index contributed by atoms with van der Waals surface area (Å²) in [6.07, 6.45) is 0. The first-order valence-electron chi connectivity index (χ1n) is 9.56. The maximum Gasteiger partial charge on any atom is 0.192 e. The largest absolute Gasteiger partial charge is 0.416 e. The number of sulfone groups is 1. The summed E-state index contributed by atoms with van der Waals surface area (Å²) in [7, 11) is -5.42. The maximum atomic E-state index is 12.8. The van der Waals surface area contributed by atoms with Crippen molar-refractivity contribution < 1.29 is 17.6 Å². The Hall–Kier alpha value is -0.983. The Morgan fingerprint density at radius 2 is 1.54 bits per heavy atom. The van der Waals surface area contributed by atoms with Gasteiger partial charge >= 0.3 is 0 Å². The molecule has 26 heavy (non-hydrogen) atoms. The van der Waals surface area contributed by atoms with Crippen LogP contribution in [-0.2, 0) is 19.1 Å². The van der Waals surface area contributed by atoms with E-state index in [2.05, 4.69) is 20.8 Å². The van der Waals surface area contributed by atoms with Gasteiger partial charge in [0.25, 0.3) is 0 Å². The van der Waals surface area contributed by atoms with Gasteiger partial charge in [0.2, 0.25) is 0 Å². The number of aryl methyl sites for hydroxylation is 1. The Morgan fingerprint density at radius 3 is 1.96 bits per heavy atom. The van der Waals surface area contributed by atoms with Crippen molar-refractivity contribution in [2.24, 2.45) is 11.8 Å². The van der Waals surface area contributed by atoms with E-state index in [0.29, 0.717) is 6.61 Å². The zero-order chi connectivity index (χ0) is 20.0. The lowest BCUT2D eigenvalue weighted by molar-refractivity contribution is -0.122. The lowest BCUT2D eigenvalue weighted by Crippen LogP contribution is -2.40. The summed E-state index contributed by atoms with van der Waals surface area (Å²) in [5, 5.41) is 0. The number of carbonyl (C=O) groups is 1. The summed E-state index contributed by atoms with van der Waals surface area (Å²) in [4.78, 5) is 13.0. The molecule has 1 atom stereocenters. The van der Waals surface area contributed by atoms with Crippen molar-refractivity contribution >= 4 is 23.9 Å². The molecule has 0 aromatic heterocycles. The second kappa shape index (κ2) is 9.81. The molecule has 1 aromatic carbocycles. The molecule has 0 aliphatic rings. The summed E-state index contributed by atoms with van der Waals surface area (Å²) < 4.78 is 31.5. The lowest BCUT2D eigenvalue weighted by atomic mass is 9.93. The van der Waals surface area contributed by atoms with Crippen LogP contribution in [0.15, 0.2) is 29.2 Å². The van der Waals surface area contributed by atoms with Crippen LogP contribution in [-0.4, -0.2) is 34.9 Å². The van der Waals surface area contributed by atoms with E-state index in [4.69, 9.17) is 4.43 Å². The van der Waals surface area contributed by atoms with Gasteiger partial charge in [0.15, 0.2) is 23.9 Å². The van der Waals surface area contributed by atoms with Gasteiger partial charge in [-0.25, -0.2) is 8.42 Å². The van der Waals surface area contributed by atoms with Crippen molar-refractivity contribution in [1.29, 1.82) is 0 Å². The molecule has 0 aliphatic heterocycles. The Balaban J connectivity index is 2.90. The normalized spacial score (nSPS) is 13.8. The molecule has 1 rings (SSSR count). The van der Waals surface area contributed by atoms with E-state index < -0.39 is 23.9 Å². The molecule has 0 saturated carbocycles. The first kappa shape index (κ1) is 23.1. The summed E-state index contributed by atoms with van der Waals surface area (Å²) in [6.45, 7) is 12.6. The molecule has 0 fully saturated rings. The Bertz CT molecular complexity index is 668. The number of hydrogen-bond acceptors (Lipinski definition) is 4. The Morgan fingerprint density at radius 1 is 1.04 bits per heavy atom. The summed E-state index contributed by atoms with van der Waals surface area (Å²) in [5.41, 5.74) is 0.990. The second-order valence-corrected chi connectivity index (χ2v) is 14.2. The van der Waals surface area contributed by atoms with Crippen LogP contribution in [0, 0.1) is 18.8 Å². The first-order valence-corrected chi connectivity index (χ1v) is 13.7. The lowest BCUT2D eigenvalue weighted by Gasteiger charge is -2.31. The third-order valence-electron chi connectivity index (χ3n) is 5.43. The minimum absolute atomic E-state index is 0.0491. The zero-order valence-corrected chi connectivity index (χ0v) is 18.9. The van der Waals surface area contributed by atoms with Crippen LogP contribution in [0.4, 0.5) is 0 Å². The van der Waals surface area contributed by atoms with E-state index in [1.54, 1.807) is 24.3 Å². The summed E-state index contributed by atoms with van der Waals surface area (Å²) in [5.74, 6) is -1.03. The quantitative estimate of drug-likeness (QED) is 0.510. The molecule has 0 N–H and O–H groups in total. The molecule has 0 heterocycles. The van der Waals surface area contributed by atoms with Crippen LogP contribution >= 0.6 is 0 Å². The van der Waals surface area contributed by atoms with Crippen molar-refractivity contribution in [1.82, 2.24) is 0 Å². The van der Waals surface area contributed by atoms with Crippen molar-refractivity contribution in [3.05, 3.63) is 29.8 Å². The molecule has 0 saturated heterocycles. The minimum Gasteiger partial charge on any atom is -0.416 e. The molecule has 0 radical (unpaired) electrons. The van der Waals surface area contributed by atoms with Crippen LogP contribution < -0.4 is 0 Å². The monoisotopic (exact) mass is 398 g/mol. The fraction of sp³-hybridized carbons (Fsp3) is 0.650. The highest BCUT2D eigenvalue weighted by Crippen LogP contribution is 2.25. The fourth-order valence-electron chi connectivity index (χ4n) is 3.10. The molecule has 0 spiro atoms. The van der Waals surface area contributed by atoms with E-state index in [-0.39, 0.29) is 22.5 Å². The number of Topliss-reactive ketones (excluding diaryl/α,β-unsaturated/α-hetero) is 1. The van der Waals surface area contributed by atoms with E-state index in [1.165, 1.54) is 0 Å². The molecular formula is C20H34O4SSi. The zero-order valence-electron chi connectivity index (χ0n) is 17.0. The highest BCUT2D eigenvalue weighted by molar-refractivity contribution is 7.92. The van der Waals surface area contributed by atoms with Gasteiger partial charge in [-0.15, -0.1) is 0 Å². The predicted octanol–water partition coefficient (Wildman–Crippen LogP) is 4.63. The predicted molar refractivity (Wildman–Crippen MR) is 110 cm³/mol. The van der Waals surface area contributed by atoms with Gasteiger partial charge in [-0.3, -0.25) is 4.79 Å². The molecular weight excluding hydrogens is 364 g/mol. The molecule has 0 amide bonds. The average molecular weight is 399 g/mol. The van der Waals surface area contributed by atoms with Gasteiger partial charge in [0.05, 0.1) is 4.90 Å². The minimum atomic E-state index is -3.62. The molecule has 1 aromatic rings. The van der Waals surface area contributed by atoms with Gasteiger partial charge < -0.3 is 4.43 Å². The number of rotatable bonds is 11. The first-order chi connectivity index (χ1) is 12.1. The third-order valence-corrected chi connectivity index (χ3v) is 11.7. The van der Waals surface area contributed by atoms with E-state index in [0.717, 1.165) is 23.7 Å². The fourth-order valence-corrected chi connectivity index (χ4v) is 7.05. The number of ketones is 1. The molecule has 1 unspecified atom stereocenters. The van der Waals surface area contributed by atoms with Gasteiger partial charge in [-0.1, -0.05) is 52.3 Å². The SMILES string of the molecule is CC[Si](CC)(CC)OCC(C(=O)CS(=O)(=O)c1ccc(C)cc1)C(C)C. The van der Waals surface area contributed by atoms with Gasteiger partial charge in [-0.2, -0.15) is 0 Å². The highest BCUT2D eigenvalue weighted by atomic mass is 32.2. The van der Waals surface area contributed by atoms with Crippen molar-refractivity contribution in [2.75, 3.05) is 12.4 Å².